The van der Waals surface area contributed by atoms with E-state index < -0.39 is 5.97 Å². The number of ether oxygens (including phenoxy) is 2. The van der Waals surface area contributed by atoms with Gasteiger partial charge in [0.1, 0.15) is 18.2 Å². The Morgan fingerprint density at radius 3 is 2.87 bits per heavy atom. The molecule has 0 fully saturated rings. The smallest absolute Gasteiger partial charge is 0.330 e. The second-order valence-corrected chi connectivity index (χ2v) is 5.38. The average molecular weight is 380 g/mol. The average Bonchev–Trinajstić information content (AvgIpc) is 2.55. The topological polar surface area (TPSA) is 48.4 Å². The van der Waals surface area contributed by atoms with Gasteiger partial charge in [0.2, 0.25) is 0 Å². The van der Waals surface area contributed by atoms with Gasteiger partial charge in [0, 0.05) is 16.1 Å². The molecule has 23 heavy (non-hydrogen) atoms. The number of carbonyl (C=O) groups excluding carboxylic acids is 1. The molecular weight excluding hydrogens is 365 g/mol. The molecule has 1 aromatic carbocycles. The standard InChI is InChI=1S/C17H15BrFNO3/c1-2-22-17(21)8-5-14-4-6-15(10-20-14)23-11-12-9-13(19)3-7-16(12)18/h3-10H,2,11H2,1H3/b8-5+. The lowest BCUT2D eigenvalue weighted by Gasteiger charge is -2.08. The zero-order valence-corrected chi connectivity index (χ0v) is 14.0. The number of benzene rings is 1. The number of hydrogen-bond acceptors (Lipinski definition) is 4. The van der Waals surface area contributed by atoms with Crippen molar-refractivity contribution < 1.29 is 18.7 Å². The predicted octanol–water partition coefficient (Wildman–Crippen LogP) is 4.14. The van der Waals surface area contributed by atoms with Crippen LogP contribution in [0.25, 0.3) is 6.08 Å². The fourth-order valence-electron chi connectivity index (χ4n) is 1.73. The molecule has 0 atom stereocenters. The molecule has 4 nitrogen and oxygen atoms in total. The maximum atomic E-state index is 13.2. The van der Waals surface area contributed by atoms with Gasteiger partial charge in [-0.1, -0.05) is 15.9 Å². The van der Waals surface area contributed by atoms with Gasteiger partial charge in [0.15, 0.2) is 0 Å². The maximum Gasteiger partial charge on any atom is 0.330 e. The van der Waals surface area contributed by atoms with E-state index in [-0.39, 0.29) is 12.4 Å². The van der Waals surface area contributed by atoms with Crippen molar-refractivity contribution >= 4 is 28.0 Å². The lowest BCUT2D eigenvalue weighted by Crippen LogP contribution is -1.99. The van der Waals surface area contributed by atoms with E-state index in [0.29, 0.717) is 23.6 Å². The molecule has 0 N–H and O–H groups in total. The summed E-state index contributed by atoms with van der Waals surface area (Å²) in [6, 6.07) is 7.86. The van der Waals surface area contributed by atoms with Crippen molar-refractivity contribution in [3.8, 4) is 5.75 Å². The number of nitrogens with zero attached hydrogens (tertiary/aromatic N) is 1. The molecule has 0 bridgehead atoms. The van der Waals surface area contributed by atoms with Gasteiger partial charge in [-0.2, -0.15) is 0 Å². The highest BCUT2D eigenvalue weighted by Gasteiger charge is 2.03. The van der Waals surface area contributed by atoms with Crippen LogP contribution in [0.5, 0.6) is 5.75 Å². The number of halogens is 2. The first-order chi connectivity index (χ1) is 11.1. The van der Waals surface area contributed by atoms with Crippen molar-refractivity contribution in [1.82, 2.24) is 4.98 Å². The summed E-state index contributed by atoms with van der Waals surface area (Å²) in [5, 5.41) is 0. The second kappa shape index (κ2) is 8.43. The van der Waals surface area contributed by atoms with Gasteiger partial charge in [-0.05, 0) is 43.3 Å². The van der Waals surface area contributed by atoms with Gasteiger partial charge < -0.3 is 9.47 Å². The quantitative estimate of drug-likeness (QED) is 0.558. The van der Waals surface area contributed by atoms with Crippen molar-refractivity contribution in [1.29, 1.82) is 0 Å². The molecule has 1 heterocycles. The van der Waals surface area contributed by atoms with E-state index in [2.05, 4.69) is 20.9 Å². The molecule has 0 aliphatic heterocycles. The van der Waals surface area contributed by atoms with Crippen molar-refractivity contribution in [3.63, 3.8) is 0 Å². The maximum absolute atomic E-state index is 13.2. The van der Waals surface area contributed by atoms with Crippen molar-refractivity contribution in [2.75, 3.05) is 6.61 Å². The van der Waals surface area contributed by atoms with Crippen molar-refractivity contribution in [2.24, 2.45) is 0 Å². The summed E-state index contributed by atoms with van der Waals surface area (Å²) < 4.78 is 24.3. The molecule has 0 aliphatic rings. The van der Waals surface area contributed by atoms with Crippen LogP contribution in [0.1, 0.15) is 18.2 Å². The first-order valence-corrected chi connectivity index (χ1v) is 7.75. The number of esters is 1. The zero-order chi connectivity index (χ0) is 16.7. The molecule has 0 amide bonds. The zero-order valence-electron chi connectivity index (χ0n) is 12.5. The summed E-state index contributed by atoms with van der Waals surface area (Å²) in [7, 11) is 0. The number of pyridine rings is 1. The van der Waals surface area contributed by atoms with Crippen LogP contribution in [-0.2, 0) is 16.1 Å². The summed E-state index contributed by atoms with van der Waals surface area (Å²) in [6.45, 7) is 2.30. The minimum absolute atomic E-state index is 0.220. The number of carbonyl (C=O) groups is 1. The number of rotatable bonds is 6. The summed E-state index contributed by atoms with van der Waals surface area (Å²) in [6.07, 6.45) is 4.42. The Bertz CT molecular complexity index is 701. The van der Waals surface area contributed by atoms with Crippen LogP contribution in [-0.4, -0.2) is 17.6 Å². The van der Waals surface area contributed by atoms with Crippen molar-refractivity contribution in [3.05, 3.63) is 64.2 Å². The molecule has 0 unspecified atom stereocenters. The van der Waals surface area contributed by atoms with Gasteiger partial charge in [0.05, 0.1) is 18.5 Å². The highest BCUT2D eigenvalue weighted by Crippen LogP contribution is 2.20. The summed E-state index contributed by atoms with van der Waals surface area (Å²) in [5.74, 6) is -0.176. The van der Waals surface area contributed by atoms with E-state index in [1.54, 1.807) is 31.2 Å². The first kappa shape index (κ1) is 17.1. The molecule has 2 rings (SSSR count). The van der Waals surface area contributed by atoms with Crippen LogP contribution < -0.4 is 4.74 Å². The molecule has 2 aromatic rings. The Kier molecular flexibility index (Phi) is 6.29. The van der Waals surface area contributed by atoms with Crippen molar-refractivity contribution in [2.45, 2.75) is 13.5 Å². The van der Waals surface area contributed by atoms with Gasteiger partial charge >= 0.3 is 5.97 Å². The summed E-state index contributed by atoms with van der Waals surface area (Å²) in [4.78, 5) is 15.4. The Morgan fingerprint density at radius 2 is 2.17 bits per heavy atom. The van der Waals surface area contributed by atoms with E-state index in [1.807, 2.05) is 0 Å². The van der Waals surface area contributed by atoms with Gasteiger partial charge in [-0.25, -0.2) is 9.18 Å². The minimum atomic E-state index is -0.411. The van der Waals surface area contributed by atoms with E-state index in [0.717, 1.165) is 4.47 Å². The molecular formula is C17H15BrFNO3. The molecule has 1 aromatic heterocycles. The SMILES string of the molecule is CCOC(=O)/C=C/c1ccc(OCc2cc(F)ccc2Br)cn1. The molecule has 0 saturated heterocycles. The first-order valence-electron chi connectivity index (χ1n) is 6.96. The molecule has 120 valence electrons. The monoisotopic (exact) mass is 379 g/mol. The van der Waals surface area contributed by atoms with Crippen LogP contribution in [0.2, 0.25) is 0 Å². The third kappa shape index (κ3) is 5.49. The lowest BCUT2D eigenvalue weighted by molar-refractivity contribution is -0.137. The molecule has 0 radical (unpaired) electrons. The fourth-order valence-corrected chi connectivity index (χ4v) is 2.10. The molecule has 0 spiro atoms. The molecule has 0 saturated carbocycles. The normalized spacial score (nSPS) is 10.7. The highest BCUT2D eigenvalue weighted by atomic mass is 79.9. The largest absolute Gasteiger partial charge is 0.487 e. The summed E-state index contributed by atoms with van der Waals surface area (Å²) in [5.41, 5.74) is 1.31. The second-order valence-electron chi connectivity index (χ2n) is 4.53. The number of aromatic nitrogens is 1. The molecule has 0 aliphatic carbocycles. The van der Waals surface area contributed by atoms with E-state index >= 15 is 0 Å². The third-order valence-electron chi connectivity index (χ3n) is 2.84. The molecule has 6 heteroatoms. The van der Waals surface area contributed by atoms with Crippen LogP contribution in [0.3, 0.4) is 0 Å². The Balaban J connectivity index is 1.95. The predicted molar refractivity (Wildman–Crippen MR) is 88.3 cm³/mol. The minimum Gasteiger partial charge on any atom is -0.487 e. The van der Waals surface area contributed by atoms with Crippen LogP contribution in [0.4, 0.5) is 4.39 Å². The lowest BCUT2D eigenvalue weighted by atomic mass is 10.2. The summed E-state index contributed by atoms with van der Waals surface area (Å²) >= 11 is 3.35. The Morgan fingerprint density at radius 1 is 1.35 bits per heavy atom. The Hall–Kier alpha value is -2.21. The van der Waals surface area contributed by atoms with Crippen LogP contribution in [0.15, 0.2) is 47.1 Å². The van der Waals surface area contributed by atoms with Gasteiger partial charge in [-0.3, -0.25) is 4.98 Å². The van der Waals surface area contributed by atoms with Gasteiger partial charge in [-0.15, -0.1) is 0 Å². The van der Waals surface area contributed by atoms with Crippen LogP contribution in [0, 0.1) is 5.82 Å². The van der Waals surface area contributed by atoms with E-state index in [4.69, 9.17) is 9.47 Å². The van der Waals surface area contributed by atoms with Gasteiger partial charge in [0.25, 0.3) is 0 Å². The Labute approximate surface area is 142 Å². The third-order valence-corrected chi connectivity index (χ3v) is 3.61. The van der Waals surface area contributed by atoms with E-state index in [9.17, 15) is 9.18 Å². The fraction of sp³-hybridized carbons (Fsp3) is 0.176. The highest BCUT2D eigenvalue weighted by molar-refractivity contribution is 9.10. The number of hydrogen-bond donors (Lipinski definition) is 0. The van der Waals surface area contributed by atoms with E-state index in [1.165, 1.54) is 24.4 Å². The van der Waals surface area contributed by atoms with Crippen LogP contribution >= 0.6 is 15.9 Å².